The van der Waals surface area contributed by atoms with Gasteiger partial charge in [-0.3, -0.25) is 14.3 Å². The van der Waals surface area contributed by atoms with Gasteiger partial charge in [0.15, 0.2) is 47.1 Å². The molecular formula is C75H118Cl6I2N17O25P3S4Si. The van der Waals surface area contributed by atoms with Crippen molar-refractivity contribution in [2.75, 3.05) is 71.1 Å². The van der Waals surface area contributed by atoms with Crippen LogP contribution in [0.3, 0.4) is 0 Å². The highest BCUT2D eigenvalue weighted by Gasteiger charge is 2.27. The topological polar surface area (TPSA) is 629 Å². The van der Waals surface area contributed by atoms with Crippen LogP contribution in [-0.2, 0) is 105 Å². The van der Waals surface area contributed by atoms with E-state index < -0.39 is 112 Å². The highest BCUT2D eigenvalue weighted by molar-refractivity contribution is 15.0. The summed E-state index contributed by atoms with van der Waals surface area (Å²) in [6.07, 6.45) is 10.7. The van der Waals surface area contributed by atoms with Crippen LogP contribution in [0.1, 0.15) is 102 Å². The van der Waals surface area contributed by atoms with E-state index in [-0.39, 0.29) is 35.4 Å². The number of hydrogen-bond acceptors (Lipinski definition) is 33. The molecule has 2 saturated heterocycles. The van der Waals surface area contributed by atoms with Crippen molar-refractivity contribution in [1.29, 1.82) is 0 Å². The number of aromatic nitrogens is 12. The number of aliphatic carboxylic acids is 2. The van der Waals surface area contributed by atoms with Gasteiger partial charge >= 0.3 is 40.7 Å². The lowest BCUT2D eigenvalue weighted by Crippen LogP contribution is -2.36. The van der Waals surface area contributed by atoms with Crippen molar-refractivity contribution in [3.63, 3.8) is 0 Å². The van der Waals surface area contributed by atoms with E-state index in [0.717, 1.165) is 38.0 Å². The number of fused-ring (bicyclic) bond motifs is 3. The molecule has 0 bridgehead atoms. The number of imidazole rings is 3. The fourth-order valence-corrected chi connectivity index (χ4v) is 16.4. The summed E-state index contributed by atoms with van der Waals surface area (Å²) in [5, 5.41) is 15.8. The quantitative estimate of drug-likeness (QED) is 0.00414. The number of carboxylic acids is 2. The van der Waals surface area contributed by atoms with E-state index in [1.54, 1.807) is 129 Å². The largest absolute Gasteiger partial charge is 0.544 e. The Labute approximate surface area is 831 Å². The van der Waals surface area contributed by atoms with E-state index >= 15 is 0 Å². The second-order valence-electron chi connectivity index (χ2n) is 29.1. The fraction of sp³-hybridized carbons (Fsp3) is 0.493. The van der Waals surface area contributed by atoms with Crippen molar-refractivity contribution in [3.8, 4) is 17.2 Å². The highest BCUT2D eigenvalue weighted by Crippen LogP contribution is 2.44. The van der Waals surface area contributed by atoms with Gasteiger partial charge in [0, 0.05) is 104 Å². The van der Waals surface area contributed by atoms with Crippen molar-refractivity contribution < 1.29 is 116 Å². The Hall–Kier alpha value is -5.79. The standard InChI is InChI=1S/2C15H18N5O4P.C9H14N5O4P.C9H14OSi.C8H19N.C6H13NO2.C4H4O4.2C4H8O2S.CH2Cl2.2Cl2OS.I2/c2*1-11(7-20-9-19-13-14(16)17-8-18-15(13)20)23-10-25(21,22)24-12-5-3-2-4-6-12;1-6(18-5-19(15,16)17)2-14-4-13-7-8(10)11-3-12-9(7)14;1-11(2,3)10-9-7-5-4-6-8-9;1-6-9(7(2)3)8(4)5;1-4(2)9-6(8)5(3)7;5-3(6)1-2-4(7)8;2*5-7(6)3-1-2-4-7;2-1-3;2*1-4(2)3;1-2/h2*2-6,8-9,11H,7,10H2,1H3,(H,21,22)(H2,16,17,18);3-4,6H,2,5H2,1H3,(H2,10,11,12)(H2,15,16,17);4-8H,1-3H3;7-8H,6H2,1-5H3;4-5H,7H2,1-3H3;1-2H,(H,5,6)(H,7,8);2*1-4H2;1H2;;;/b;;;;;;2-1+;;;;;;/t2*11-;6-;;;5-;;;;;;;/m111..0......./s1. The van der Waals surface area contributed by atoms with Gasteiger partial charge in [0.25, 0.3) is 0 Å². The molecule has 14 N–H and O–H groups in total. The first-order valence-corrected chi connectivity index (χ1v) is 64.7. The molecule has 2 fully saturated rings. The average molecular weight is 2370 g/mol. The van der Waals surface area contributed by atoms with E-state index in [0.29, 0.717) is 124 Å². The number of nitrogens with zero attached hydrogens (tertiary/aromatic N) is 13. The molecule has 9 aromatic rings. The predicted molar refractivity (Wildman–Crippen MR) is 544 cm³/mol. The van der Waals surface area contributed by atoms with Gasteiger partial charge in [-0.05, 0) is 158 Å². The zero-order valence-corrected chi connectivity index (χ0v) is 91.0. The zero-order chi connectivity index (χ0) is 102. The molecule has 11 rings (SSSR count). The molecule has 752 valence electrons. The van der Waals surface area contributed by atoms with Gasteiger partial charge in [0.05, 0.1) is 91.4 Å². The van der Waals surface area contributed by atoms with Crippen LogP contribution in [0, 0.1) is 0 Å². The van der Waals surface area contributed by atoms with Crippen LogP contribution in [0.5, 0.6) is 17.2 Å². The Morgan fingerprint density at radius 1 is 0.511 bits per heavy atom. The molecule has 133 heavy (non-hydrogen) atoms. The molecule has 0 aliphatic carbocycles. The van der Waals surface area contributed by atoms with Gasteiger partial charge in [-0.2, -0.15) is 0 Å². The van der Waals surface area contributed by atoms with E-state index in [4.69, 9.17) is 107 Å². The molecule has 6 atom stereocenters. The first-order chi connectivity index (χ1) is 61.9. The first kappa shape index (κ1) is 129. The maximum absolute atomic E-state index is 12.1. The number of hydrogen-bond donors (Lipinski definition) is 10. The number of carboxylic acid groups (broad SMARTS) is 2. The zero-order valence-electron chi connectivity index (χ0n) is 75.2. The van der Waals surface area contributed by atoms with Gasteiger partial charge in [0.2, 0.25) is 26.8 Å². The summed E-state index contributed by atoms with van der Waals surface area (Å²) >= 11 is 13.8. The van der Waals surface area contributed by atoms with Crippen LogP contribution in [0.25, 0.3) is 33.5 Å². The van der Waals surface area contributed by atoms with E-state index in [1.165, 1.54) is 25.3 Å². The third-order valence-electron chi connectivity index (χ3n) is 15.5. The van der Waals surface area contributed by atoms with Gasteiger partial charge in [-0.1, -0.05) is 61.5 Å². The van der Waals surface area contributed by atoms with Gasteiger partial charge in [-0.25, -0.2) is 88.8 Å². The molecule has 2 aliphatic heterocycles. The smallest absolute Gasteiger partial charge is 0.402 e. The number of nitrogens with two attached hydrogens (primary N) is 4. The predicted octanol–water partition coefficient (Wildman–Crippen LogP) is 14.7. The number of alkyl halides is 2. The van der Waals surface area contributed by atoms with Crippen molar-refractivity contribution in [2.24, 2.45) is 5.73 Å². The lowest BCUT2D eigenvalue weighted by molar-refractivity contribution is -0.148. The number of halogens is 8. The Morgan fingerprint density at radius 2 is 0.782 bits per heavy atom. The second-order valence-corrected chi connectivity index (χ2v) is 49.0. The molecule has 0 radical (unpaired) electrons. The monoisotopic (exact) mass is 2370 g/mol. The molecule has 2 aliphatic rings. The van der Waals surface area contributed by atoms with Crippen LogP contribution in [0.4, 0.5) is 17.5 Å². The molecule has 0 spiro atoms. The van der Waals surface area contributed by atoms with Gasteiger partial charge in [-0.15, -0.1) is 23.2 Å². The molecular weight excluding hydrogens is 2250 g/mol. The van der Waals surface area contributed by atoms with E-state index in [1.807, 2.05) is 30.3 Å². The van der Waals surface area contributed by atoms with Gasteiger partial charge in [0.1, 0.15) is 84.8 Å². The van der Waals surface area contributed by atoms with Crippen molar-refractivity contribution in [1.82, 2.24) is 63.5 Å². The lowest BCUT2D eigenvalue weighted by Gasteiger charge is -2.28. The minimum atomic E-state index is -4.16. The number of benzene rings is 3. The van der Waals surface area contributed by atoms with Gasteiger partial charge < -0.3 is 98.8 Å². The summed E-state index contributed by atoms with van der Waals surface area (Å²) < 4.78 is 137. The Bertz CT molecular complexity index is 5050. The summed E-state index contributed by atoms with van der Waals surface area (Å²) in [6, 6.07) is 27.7. The Morgan fingerprint density at radius 3 is 0.985 bits per heavy atom. The normalized spacial score (nSPS) is 14.5. The molecule has 8 heterocycles. The average Bonchev–Trinajstić information content (AvgIpc) is 1.68. The minimum absolute atomic E-state index is 0.0662. The number of esters is 1. The van der Waals surface area contributed by atoms with Crippen LogP contribution in [0.2, 0.25) is 19.6 Å². The molecule has 3 aromatic carbocycles. The third kappa shape index (κ3) is 64.9. The maximum Gasteiger partial charge on any atom is 0.402 e. The van der Waals surface area contributed by atoms with Crippen molar-refractivity contribution >= 4 is 241 Å². The molecule has 42 nitrogen and oxygen atoms in total. The molecule has 2 unspecified atom stereocenters. The molecule has 6 aromatic heterocycles. The number of anilines is 3. The van der Waals surface area contributed by atoms with E-state index in [2.05, 4.69) is 184 Å². The number of para-hydroxylation sites is 3. The van der Waals surface area contributed by atoms with Crippen molar-refractivity contribution in [2.45, 2.75) is 184 Å². The number of carbonyl (C=O) groups is 3. The van der Waals surface area contributed by atoms with Crippen LogP contribution < -0.4 is 36.4 Å². The highest BCUT2D eigenvalue weighted by atomic mass is 128. The van der Waals surface area contributed by atoms with Crippen LogP contribution in [0.15, 0.2) is 141 Å². The Kier molecular flexibility index (Phi) is 67.2. The summed E-state index contributed by atoms with van der Waals surface area (Å²) in [7, 11) is -3.75. The third-order valence-corrected chi connectivity index (χ3v) is 22.4. The summed E-state index contributed by atoms with van der Waals surface area (Å²) in [5.74, 6) is 1.35. The van der Waals surface area contributed by atoms with Crippen molar-refractivity contribution in [3.05, 3.63) is 141 Å². The number of sulfone groups is 2. The second kappa shape index (κ2) is 69.1. The van der Waals surface area contributed by atoms with Crippen LogP contribution >= 0.6 is 126 Å². The fourth-order valence-electron chi connectivity index (χ4n) is 10.2. The SMILES string of the molecule is CC(C)OC(=O)[C@H](C)N.CCN(C(C)C)C(C)C.C[C@H](Cn1cnc2c(N)ncnc21)OCP(=O)(O)O.C[C@H](Cn1cnc2c(N)ncnc21)OCP(=O)(O)Oc1ccccc1.C[C@H](Cn1cnc2c(N)ncnc21)OCP(=O)(O)Oc1ccccc1.C[Si](C)(C)Oc1ccccc1.ClCCl.II.O=C(O)/C=C/C(=O)O.O=S(Cl)Cl.O=S(Cl)Cl.O=S1(=O)CCCC1.O=S1(=O)CCCC1. The molecule has 0 saturated carbocycles. The number of ether oxygens (including phenoxy) is 4. The number of nitrogen functional groups attached to an aromatic ring is 3. The minimum Gasteiger partial charge on any atom is -0.544 e. The summed E-state index contributed by atoms with van der Waals surface area (Å²) in [6.45, 7) is 30.4. The lowest BCUT2D eigenvalue weighted by atomic mass is 10.2. The summed E-state index contributed by atoms with van der Waals surface area (Å²) in [5.41, 5.74) is 25.6. The number of rotatable bonds is 28. The number of carbonyl (C=O) groups excluding carboxylic acids is 1. The van der Waals surface area contributed by atoms with E-state index in [9.17, 15) is 54.7 Å². The summed E-state index contributed by atoms with van der Waals surface area (Å²) in [4.78, 5) is 106. The molecule has 58 heteroatoms. The molecule has 0 amide bonds. The Balaban J connectivity index is 0. The first-order valence-electron chi connectivity index (χ1n) is 39.4. The maximum atomic E-state index is 12.1. The van der Waals surface area contributed by atoms with Crippen LogP contribution in [-0.4, -0.2) is 241 Å².